The van der Waals surface area contributed by atoms with Crippen molar-refractivity contribution in [2.45, 2.75) is 49.5 Å². The minimum Gasteiger partial charge on any atom is -0.449 e. The fourth-order valence-electron chi connectivity index (χ4n) is 4.44. The SMILES string of the molecule is Cc1cc(-c2cccc(S(C)(=O)=O)c2)c(Cl)cc1C1=C(N)C2(CCCCC2)OC1=O. The second kappa shape index (κ2) is 7.43. The Morgan fingerprint density at radius 1 is 1.07 bits per heavy atom. The van der Waals surface area contributed by atoms with Crippen LogP contribution in [-0.4, -0.2) is 26.2 Å². The van der Waals surface area contributed by atoms with Crippen LogP contribution in [0.3, 0.4) is 0 Å². The van der Waals surface area contributed by atoms with Crippen LogP contribution in [0.25, 0.3) is 16.7 Å². The summed E-state index contributed by atoms with van der Waals surface area (Å²) in [4.78, 5) is 13.0. The molecule has 2 N–H and O–H groups in total. The quantitative estimate of drug-likeness (QED) is 0.695. The van der Waals surface area contributed by atoms with Gasteiger partial charge in [0.1, 0.15) is 0 Å². The second-order valence-electron chi connectivity index (χ2n) is 8.18. The maximum absolute atomic E-state index is 12.8. The molecule has 0 unspecified atom stereocenters. The lowest BCUT2D eigenvalue weighted by Crippen LogP contribution is -2.37. The van der Waals surface area contributed by atoms with Crippen LogP contribution in [0.4, 0.5) is 0 Å². The van der Waals surface area contributed by atoms with Crippen molar-refractivity contribution >= 4 is 33.0 Å². The van der Waals surface area contributed by atoms with Crippen molar-refractivity contribution < 1.29 is 17.9 Å². The lowest BCUT2D eigenvalue weighted by molar-refractivity contribution is -0.147. The molecule has 0 aromatic heterocycles. The molecule has 0 radical (unpaired) electrons. The van der Waals surface area contributed by atoms with Gasteiger partial charge in [-0.05, 0) is 73.6 Å². The molecule has 0 amide bonds. The van der Waals surface area contributed by atoms with Crippen LogP contribution < -0.4 is 5.73 Å². The van der Waals surface area contributed by atoms with Crippen molar-refractivity contribution in [3.8, 4) is 11.1 Å². The van der Waals surface area contributed by atoms with Gasteiger partial charge in [-0.3, -0.25) is 0 Å². The van der Waals surface area contributed by atoms with E-state index in [1.807, 2.05) is 19.1 Å². The summed E-state index contributed by atoms with van der Waals surface area (Å²) in [7, 11) is -3.34. The third-order valence-electron chi connectivity index (χ3n) is 6.07. The van der Waals surface area contributed by atoms with Gasteiger partial charge >= 0.3 is 5.97 Å². The Morgan fingerprint density at radius 3 is 2.43 bits per heavy atom. The molecule has 7 heteroatoms. The van der Waals surface area contributed by atoms with E-state index in [0.717, 1.165) is 37.7 Å². The van der Waals surface area contributed by atoms with E-state index in [9.17, 15) is 13.2 Å². The lowest BCUT2D eigenvalue weighted by Gasteiger charge is -2.32. The zero-order valence-corrected chi connectivity index (χ0v) is 18.6. The van der Waals surface area contributed by atoms with Crippen molar-refractivity contribution in [2.75, 3.05) is 6.26 Å². The van der Waals surface area contributed by atoms with Crippen LogP contribution in [0, 0.1) is 6.92 Å². The van der Waals surface area contributed by atoms with Gasteiger partial charge in [0.25, 0.3) is 0 Å². The first-order valence-electron chi connectivity index (χ1n) is 9.97. The molecule has 1 saturated carbocycles. The highest BCUT2D eigenvalue weighted by atomic mass is 35.5. The topological polar surface area (TPSA) is 86.5 Å². The molecule has 1 aliphatic carbocycles. The summed E-state index contributed by atoms with van der Waals surface area (Å²) < 4.78 is 29.6. The van der Waals surface area contributed by atoms with Gasteiger partial charge in [-0.15, -0.1) is 0 Å². The molecule has 2 aromatic rings. The molecule has 5 nitrogen and oxygen atoms in total. The average molecular weight is 446 g/mol. The third kappa shape index (κ3) is 3.52. The lowest BCUT2D eigenvalue weighted by atomic mass is 9.81. The van der Waals surface area contributed by atoms with Gasteiger partial charge in [-0.1, -0.05) is 30.2 Å². The summed E-state index contributed by atoms with van der Waals surface area (Å²) in [5.74, 6) is -0.402. The smallest absolute Gasteiger partial charge is 0.341 e. The molecule has 2 aliphatic rings. The summed E-state index contributed by atoms with van der Waals surface area (Å²) in [5.41, 5.74) is 9.55. The zero-order chi connectivity index (χ0) is 21.7. The molecule has 1 aliphatic heterocycles. The monoisotopic (exact) mass is 445 g/mol. The van der Waals surface area contributed by atoms with E-state index in [-0.39, 0.29) is 4.90 Å². The Bertz CT molecular complexity index is 1180. The Kier molecular flexibility index (Phi) is 5.19. The normalized spacial score (nSPS) is 18.7. The average Bonchev–Trinajstić information content (AvgIpc) is 2.93. The Labute approximate surface area is 181 Å². The van der Waals surface area contributed by atoms with Crippen LogP contribution in [0.1, 0.15) is 43.2 Å². The maximum Gasteiger partial charge on any atom is 0.341 e. The number of aryl methyl sites for hydroxylation is 1. The number of nitrogens with two attached hydrogens (primary N) is 1. The molecule has 0 bridgehead atoms. The van der Waals surface area contributed by atoms with Gasteiger partial charge in [-0.2, -0.15) is 0 Å². The second-order valence-corrected chi connectivity index (χ2v) is 10.6. The molecule has 1 heterocycles. The first-order chi connectivity index (χ1) is 14.1. The van der Waals surface area contributed by atoms with Gasteiger partial charge < -0.3 is 10.5 Å². The van der Waals surface area contributed by atoms with Crippen LogP contribution in [0.15, 0.2) is 47.0 Å². The van der Waals surface area contributed by atoms with Gasteiger partial charge in [-0.25, -0.2) is 13.2 Å². The molecule has 0 atom stereocenters. The molecular formula is C23H24ClNO4S. The minimum atomic E-state index is -3.34. The van der Waals surface area contributed by atoms with E-state index in [1.165, 1.54) is 6.26 Å². The summed E-state index contributed by atoms with van der Waals surface area (Å²) in [6.45, 7) is 1.88. The number of sulfone groups is 1. The fourth-order valence-corrected chi connectivity index (χ4v) is 5.38. The molecule has 4 rings (SSSR count). The molecular weight excluding hydrogens is 422 g/mol. The van der Waals surface area contributed by atoms with Crippen molar-refractivity contribution in [1.82, 2.24) is 0 Å². The van der Waals surface area contributed by atoms with Crippen LogP contribution >= 0.6 is 11.6 Å². The molecule has 2 aromatic carbocycles. The zero-order valence-electron chi connectivity index (χ0n) is 17.0. The summed E-state index contributed by atoms with van der Waals surface area (Å²) in [6.07, 6.45) is 5.75. The fraction of sp³-hybridized carbons (Fsp3) is 0.348. The Balaban J connectivity index is 1.80. The predicted molar refractivity (Wildman–Crippen MR) is 118 cm³/mol. The molecule has 0 saturated heterocycles. The molecule has 1 spiro atoms. The first kappa shape index (κ1) is 20.9. The van der Waals surface area contributed by atoms with E-state index < -0.39 is 21.4 Å². The van der Waals surface area contributed by atoms with Crippen LogP contribution in [-0.2, 0) is 19.4 Å². The highest BCUT2D eigenvalue weighted by molar-refractivity contribution is 7.90. The van der Waals surface area contributed by atoms with Crippen molar-refractivity contribution in [3.05, 3.63) is 58.2 Å². The van der Waals surface area contributed by atoms with Gasteiger partial charge in [0.2, 0.25) is 0 Å². The molecule has 158 valence electrons. The van der Waals surface area contributed by atoms with E-state index in [2.05, 4.69) is 0 Å². The van der Waals surface area contributed by atoms with Gasteiger partial charge in [0, 0.05) is 16.8 Å². The summed E-state index contributed by atoms with van der Waals surface area (Å²) >= 11 is 6.59. The largest absolute Gasteiger partial charge is 0.449 e. The van der Waals surface area contributed by atoms with E-state index in [4.69, 9.17) is 22.1 Å². The summed E-state index contributed by atoms with van der Waals surface area (Å²) in [6, 6.07) is 10.2. The number of hydrogen-bond donors (Lipinski definition) is 1. The van der Waals surface area contributed by atoms with Crippen molar-refractivity contribution in [2.24, 2.45) is 5.73 Å². The Morgan fingerprint density at radius 2 is 1.77 bits per heavy atom. The number of rotatable bonds is 3. The number of ether oxygens (including phenoxy) is 1. The highest BCUT2D eigenvalue weighted by Crippen LogP contribution is 2.45. The number of carbonyl (C=O) groups excluding carboxylic acids is 1. The van der Waals surface area contributed by atoms with E-state index >= 15 is 0 Å². The number of benzene rings is 2. The minimum absolute atomic E-state index is 0.225. The number of esters is 1. The van der Waals surface area contributed by atoms with Crippen LogP contribution in [0.2, 0.25) is 5.02 Å². The Hall–Kier alpha value is -2.31. The van der Waals surface area contributed by atoms with E-state index in [0.29, 0.717) is 33.0 Å². The maximum atomic E-state index is 12.8. The molecule has 30 heavy (non-hydrogen) atoms. The predicted octanol–water partition coefficient (Wildman–Crippen LogP) is 4.65. The summed E-state index contributed by atoms with van der Waals surface area (Å²) in [5, 5.41) is 0.416. The van der Waals surface area contributed by atoms with Crippen LogP contribution in [0.5, 0.6) is 0 Å². The standard InChI is InChI=1S/C23H24ClNO4S/c1-14-11-18(15-7-6-8-16(12-15)30(2,27)28)19(24)13-17(14)20-21(25)23(29-22(20)26)9-4-3-5-10-23/h6-8,11-13H,3-5,9-10,25H2,1-2H3. The molecule has 1 fully saturated rings. The van der Waals surface area contributed by atoms with Gasteiger partial charge in [0.05, 0.1) is 16.2 Å². The highest BCUT2D eigenvalue weighted by Gasteiger charge is 2.47. The third-order valence-corrected chi connectivity index (χ3v) is 7.49. The van der Waals surface area contributed by atoms with Crippen molar-refractivity contribution in [3.63, 3.8) is 0 Å². The van der Waals surface area contributed by atoms with Gasteiger partial charge in [0.15, 0.2) is 15.4 Å². The number of halogens is 1. The van der Waals surface area contributed by atoms with E-state index in [1.54, 1.807) is 24.3 Å². The number of carbonyl (C=O) groups is 1. The number of hydrogen-bond acceptors (Lipinski definition) is 5. The first-order valence-corrected chi connectivity index (χ1v) is 12.2. The van der Waals surface area contributed by atoms with Crippen molar-refractivity contribution in [1.29, 1.82) is 0 Å².